The van der Waals surface area contributed by atoms with Crippen LogP contribution >= 0.6 is 27.3 Å². The molecule has 15 heavy (non-hydrogen) atoms. The molecule has 1 saturated heterocycles. The molecule has 1 aromatic heterocycles. The Morgan fingerprint density at radius 2 is 2.13 bits per heavy atom. The number of thiophene rings is 1. The Morgan fingerprint density at radius 1 is 1.40 bits per heavy atom. The minimum atomic E-state index is 0.430. The van der Waals surface area contributed by atoms with Gasteiger partial charge in [0.2, 0.25) is 0 Å². The average Bonchev–Trinajstić information content (AvgIpc) is 2.66. The Labute approximate surface area is 104 Å². The van der Waals surface area contributed by atoms with Gasteiger partial charge in [0.1, 0.15) is 0 Å². The van der Waals surface area contributed by atoms with Gasteiger partial charge in [-0.25, -0.2) is 10.4 Å². The van der Waals surface area contributed by atoms with E-state index in [9.17, 15) is 0 Å². The van der Waals surface area contributed by atoms with Crippen LogP contribution in [0.5, 0.6) is 0 Å². The molecule has 1 atom stereocenters. The van der Waals surface area contributed by atoms with Gasteiger partial charge in [0, 0.05) is 27.8 Å². The normalized spacial score (nSPS) is 20.4. The van der Waals surface area contributed by atoms with E-state index in [1.165, 1.54) is 41.7 Å². The zero-order valence-electron chi connectivity index (χ0n) is 9.00. The summed E-state index contributed by atoms with van der Waals surface area (Å²) in [5, 5.41) is 4.51. The fraction of sp³-hybridized carbons (Fsp3) is 0.636. The summed E-state index contributed by atoms with van der Waals surface area (Å²) in [5.74, 6) is 0. The van der Waals surface area contributed by atoms with E-state index in [0.29, 0.717) is 6.04 Å². The molecular formula is C11H17BrN2S. The highest BCUT2D eigenvalue weighted by molar-refractivity contribution is 9.10. The van der Waals surface area contributed by atoms with Crippen molar-refractivity contribution >= 4 is 27.3 Å². The van der Waals surface area contributed by atoms with Crippen LogP contribution in [-0.4, -0.2) is 18.1 Å². The lowest BCUT2D eigenvalue weighted by atomic mass is 10.2. The van der Waals surface area contributed by atoms with Gasteiger partial charge >= 0.3 is 0 Å². The highest BCUT2D eigenvalue weighted by Gasteiger charge is 2.14. The number of nitrogens with one attached hydrogen (secondary N) is 1. The van der Waals surface area contributed by atoms with Crippen LogP contribution in [0.1, 0.15) is 37.1 Å². The second-order valence-corrected chi connectivity index (χ2v) is 5.92. The Morgan fingerprint density at radius 3 is 2.73 bits per heavy atom. The van der Waals surface area contributed by atoms with Crippen molar-refractivity contribution in [2.75, 3.05) is 13.1 Å². The van der Waals surface area contributed by atoms with Crippen molar-refractivity contribution in [3.05, 3.63) is 20.8 Å². The molecular weight excluding hydrogens is 272 g/mol. The van der Waals surface area contributed by atoms with Crippen molar-refractivity contribution in [3.63, 3.8) is 0 Å². The lowest BCUT2D eigenvalue weighted by Gasteiger charge is -2.29. The largest absolute Gasteiger partial charge is 0.247 e. The molecule has 1 aliphatic heterocycles. The molecule has 0 aliphatic carbocycles. The van der Waals surface area contributed by atoms with E-state index in [1.807, 2.05) is 11.3 Å². The summed E-state index contributed by atoms with van der Waals surface area (Å²) >= 11 is 5.30. The third kappa shape index (κ3) is 3.28. The predicted octanol–water partition coefficient (Wildman–Crippen LogP) is 3.56. The van der Waals surface area contributed by atoms with Gasteiger partial charge in [0.25, 0.3) is 0 Å². The molecule has 1 unspecified atom stereocenters. The summed E-state index contributed by atoms with van der Waals surface area (Å²) in [6, 6.07) is 2.63. The summed E-state index contributed by atoms with van der Waals surface area (Å²) in [6.45, 7) is 4.61. The number of halogens is 1. The number of piperidine rings is 1. The van der Waals surface area contributed by atoms with Gasteiger partial charge in [-0.2, -0.15) is 0 Å². The standard InChI is InChI=1S/C11H17BrN2S/c1-9(11-7-10(12)8-15-11)13-14-5-3-2-4-6-14/h7-9,13H,2-6H2,1H3. The van der Waals surface area contributed by atoms with E-state index in [-0.39, 0.29) is 0 Å². The second-order valence-electron chi connectivity index (χ2n) is 4.07. The SMILES string of the molecule is CC(NN1CCCCC1)c1cc(Br)cs1. The molecule has 0 saturated carbocycles. The summed E-state index contributed by atoms with van der Waals surface area (Å²) < 4.78 is 1.19. The Bertz CT molecular complexity index is 307. The van der Waals surface area contributed by atoms with Gasteiger partial charge in [-0.15, -0.1) is 11.3 Å². The van der Waals surface area contributed by atoms with Crippen LogP contribution in [0.3, 0.4) is 0 Å². The van der Waals surface area contributed by atoms with Gasteiger partial charge in [0.15, 0.2) is 0 Å². The summed E-state index contributed by atoms with van der Waals surface area (Å²) in [6.07, 6.45) is 4.04. The smallest absolute Gasteiger partial charge is 0.0530 e. The minimum absolute atomic E-state index is 0.430. The minimum Gasteiger partial charge on any atom is -0.247 e. The van der Waals surface area contributed by atoms with Crippen molar-refractivity contribution in [3.8, 4) is 0 Å². The first-order valence-corrected chi connectivity index (χ1v) is 7.18. The van der Waals surface area contributed by atoms with Gasteiger partial charge in [0.05, 0.1) is 6.04 Å². The zero-order valence-corrected chi connectivity index (χ0v) is 11.4. The van der Waals surface area contributed by atoms with E-state index in [4.69, 9.17) is 0 Å². The number of hydrazine groups is 1. The Kier molecular flexibility index (Phi) is 4.20. The van der Waals surface area contributed by atoms with Crippen LogP contribution < -0.4 is 5.43 Å². The van der Waals surface area contributed by atoms with E-state index < -0.39 is 0 Å². The maximum atomic E-state index is 3.57. The Hall–Kier alpha value is 0.1000. The van der Waals surface area contributed by atoms with E-state index >= 15 is 0 Å². The lowest BCUT2D eigenvalue weighted by Crippen LogP contribution is -2.42. The Balaban J connectivity index is 1.88. The monoisotopic (exact) mass is 288 g/mol. The maximum Gasteiger partial charge on any atom is 0.0530 e. The number of hydrogen-bond donors (Lipinski definition) is 1. The maximum absolute atomic E-state index is 3.57. The van der Waals surface area contributed by atoms with Crippen molar-refractivity contribution < 1.29 is 0 Å². The van der Waals surface area contributed by atoms with Crippen molar-refractivity contribution in [1.29, 1.82) is 0 Å². The van der Waals surface area contributed by atoms with Crippen LogP contribution in [-0.2, 0) is 0 Å². The molecule has 0 aromatic carbocycles. The van der Waals surface area contributed by atoms with Crippen LogP contribution in [0.15, 0.2) is 15.9 Å². The fourth-order valence-electron chi connectivity index (χ4n) is 1.92. The second kappa shape index (κ2) is 5.43. The molecule has 2 nitrogen and oxygen atoms in total. The number of nitrogens with zero attached hydrogens (tertiary/aromatic N) is 1. The topological polar surface area (TPSA) is 15.3 Å². The molecule has 0 radical (unpaired) electrons. The van der Waals surface area contributed by atoms with E-state index in [1.54, 1.807) is 0 Å². The molecule has 1 fully saturated rings. The van der Waals surface area contributed by atoms with E-state index in [0.717, 1.165) is 0 Å². The first-order chi connectivity index (χ1) is 7.25. The summed E-state index contributed by atoms with van der Waals surface area (Å²) in [7, 11) is 0. The first-order valence-electron chi connectivity index (χ1n) is 5.51. The summed E-state index contributed by atoms with van der Waals surface area (Å²) in [4.78, 5) is 1.40. The van der Waals surface area contributed by atoms with Crippen molar-refractivity contribution in [2.45, 2.75) is 32.2 Å². The molecule has 1 aliphatic rings. The van der Waals surface area contributed by atoms with Crippen LogP contribution in [0.4, 0.5) is 0 Å². The van der Waals surface area contributed by atoms with Gasteiger partial charge in [-0.3, -0.25) is 0 Å². The van der Waals surface area contributed by atoms with Gasteiger partial charge in [-0.1, -0.05) is 6.42 Å². The van der Waals surface area contributed by atoms with Crippen LogP contribution in [0.25, 0.3) is 0 Å². The predicted molar refractivity (Wildman–Crippen MR) is 69.0 cm³/mol. The molecule has 2 heterocycles. The zero-order chi connectivity index (χ0) is 10.7. The third-order valence-corrected chi connectivity index (χ3v) is 4.62. The molecule has 0 spiro atoms. The highest BCUT2D eigenvalue weighted by Crippen LogP contribution is 2.25. The lowest BCUT2D eigenvalue weighted by molar-refractivity contribution is 0.134. The molecule has 2 rings (SSSR count). The van der Waals surface area contributed by atoms with Crippen LogP contribution in [0, 0.1) is 0 Å². The van der Waals surface area contributed by atoms with Crippen LogP contribution in [0.2, 0.25) is 0 Å². The van der Waals surface area contributed by atoms with Crippen molar-refractivity contribution in [2.24, 2.45) is 0 Å². The molecule has 0 amide bonds. The molecule has 0 bridgehead atoms. The molecule has 1 aromatic rings. The number of hydrogen-bond acceptors (Lipinski definition) is 3. The number of rotatable bonds is 3. The summed E-state index contributed by atoms with van der Waals surface area (Å²) in [5.41, 5.74) is 3.57. The highest BCUT2D eigenvalue weighted by atomic mass is 79.9. The quantitative estimate of drug-likeness (QED) is 0.915. The fourth-order valence-corrected chi connectivity index (χ4v) is 3.36. The van der Waals surface area contributed by atoms with Gasteiger partial charge in [-0.05, 0) is 41.8 Å². The van der Waals surface area contributed by atoms with E-state index in [2.05, 4.69) is 44.7 Å². The van der Waals surface area contributed by atoms with Gasteiger partial charge < -0.3 is 0 Å². The molecule has 1 N–H and O–H groups in total. The third-order valence-electron chi connectivity index (χ3n) is 2.75. The van der Waals surface area contributed by atoms with Crippen molar-refractivity contribution in [1.82, 2.24) is 10.4 Å². The average molecular weight is 289 g/mol. The molecule has 84 valence electrons. The first kappa shape index (κ1) is 11.6. The molecule has 4 heteroatoms.